The van der Waals surface area contributed by atoms with Crippen molar-refractivity contribution in [3.8, 4) is 0 Å². The average molecular weight is 166 g/mol. The van der Waals surface area contributed by atoms with Gasteiger partial charge in [0.1, 0.15) is 0 Å². The van der Waals surface area contributed by atoms with Crippen molar-refractivity contribution in [1.29, 1.82) is 0 Å². The summed E-state index contributed by atoms with van der Waals surface area (Å²) in [7, 11) is 0. The molecule has 0 fully saturated rings. The van der Waals surface area contributed by atoms with Crippen LogP contribution >= 0.6 is 0 Å². The second-order valence-electron chi connectivity index (χ2n) is 0.962. The third-order valence-corrected chi connectivity index (χ3v) is 0.556. The van der Waals surface area contributed by atoms with Crippen LogP contribution in [0.15, 0.2) is 24.3 Å². The van der Waals surface area contributed by atoms with Crippen molar-refractivity contribution >= 4 is 0 Å². The van der Waals surface area contributed by atoms with Crippen LogP contribution in [0.2, 0.25) is 0 Å². The molecule has 0 aromatic rings. The Hall–Kier alpha value is 0.393. The quantitative estimate of drug-likeness (QED) is 0.377. The Morgan fingerprint density at radius 3 is 1.29 bits per heavy atom. The van der Waals surface area contributed by atoms with Crippen LogP contribution < -0.4 is 12.4 Å². The molecule has 0 saturated carbocycles. The molecule has 0 heterocycles. The predicted molar refractivity (Wildman–Crippen MR) is 22.6 cm³/mol. The van der Waals surface area contributed by atoms with Crippen LogP contribution in [0.4, 0.5) is 0 Å². The maximum atomic E-state index is 2.00. The van der Waals surface area contributed by atoms with E-state index < -0.39 is 0 Å². The summed E-state index contributed by atoms with van der Waals surface area (Å²) in [5, 5.41) is 0. The van der Waals surface area contributed by atoms with Crippen LogP contribution in [0.1, 0.15) is 0 Å². The van der Waals surface area contributed by atoms with Gasteiger partial charge in [-0.05, 0) is 0 Å². The summed E-state index contributed by atoms with van der Waals surface area (Å²) in [6, 6.07) is 0. The molecule has 0 aliphatic heterocycles. The van der Waals surface area contributed by atoms with Gasteiger partial charge in [0.15, 0.2) is 0 Å². The summed E-state index contributed by atoms with van der Waals surface area (Å²) in [5.41, 5.74) is 0. The third kappa shape index (κ3) is 4.24. The Morgan fingerprint density at radius 2 is 1.14 bits per heavy atom. The van der Waals surface area contributed by atoms with Crippen LogP contribution in [-0.2, 0) is 19.5 Å². The Morgan fingerprint density at radius 1 is 0.714 bits per heavy atom. The van der Waals surface area contributed by atoms with E-state index in [2.05, 4.69) is 0 Å². The molecule has 7 heavy (non-hydrogen) atoms. The first-order valence-corrected chi connectivity index (χ1v) is 1.67. The molecule has 0 aromatic heterocycles. The van der Waals surface area contributed by atoms with E-state index in [9.17, 15) is 0 Å². The summed E-state index contributed by atoms with van der Waals surface area (Å²) in [4.78, 5) is 0. The van der Waals surface area contributed by atoms with E-state index in [-0.39, 0.29) is 31.9 Å². The number of rotatable bonds is 0. The molecule has 0 aromatic carbocycles. The van der Waals surface area contributed by atoms with Gasteiger partial charge in [-0.1, -0.05) is 24.3 Å². The minimum atomic E-state index is 0. The molecule has 0 unspecified atom stereocenters. The largest absolute Gasteiger partial charge is 1.00 e. The Labute approximate surface area is 62.9 Å². The van der Waals surface area contributed by atoms with Crippen molar-refractivity contribution in [1.82, 2.24) is 0 Å². The van der Waals surface area contributed by atoms with Gasteiger partial charge in [0.25, 0.3) is 0 Å². The molecular formula is C5H5ClZn-. The van der Waals surface area contributed by atoms with Gasteiger partial charge in [0.2, 0.25) is 0 Å². The molecule has 0 saturated heterocycles. The molecule has 1 rings (SSSR count). The first-order valence-electron chi connectivity index (χ1n) is 1.67. The molecule has 1 aliphatic rings. The van der Waals surface area contributed by atoms with E-state index in [0.717, 1.165) is 0 Å². The second kappa shape index (κ2) is 6.39. The molecule has 0 N–H and O–H groups in total. The van der Waals surface area contributed by atoms with Crippen molar-refractivity contribution in [3.05, 3.63) is 30.7 Å². The van der Waals surface area contributed by atoms with Crippen molar-refractivity contribution in [3.63, 3.8) is 0 Å². The van der Waals surface area contributed by atoms with Crippen molar-refractivity contribution < 1.29 is 31.9 Å². The van der Waals surface area contributed by atoms with Crippen molar-refractivity contribution in [2.45, 2.75) is 0 Å². The second-order valence-corrected chi connectivity index (χ2v) is 0.962. The normalized spacial score (nSPS) is 12.6. The fourth-order valence-electron chi connectivity index (χ4n) is 0.321. The molecule has 2 heteroatoms. The fourth-order valence-corrected chi connectivity index (χ4v) is 0.321. The Bertz CT molecular complexity index is 66.1. The van der Waals surface area contributed by atoms with Crippen LogP contribution in [0.5, 0.6) is 0 Å². The molecule has 1 radical (unpaired) electrons. The van der Waals surface area contributed by atoms with Gasteiger partial charge in [-0.25, -0.2) is 0 Å². The van der Waals surface area contributed by atoms with Gasteiger partial charge in [-0.3, -0.25) is 0 Å². The monoisotopic (exact) mass is 164 g/mol. The Kier molecular flexibility index (Phi) is 9.49. The zero-order chi connectivity index (χ0) is 3.54. The van der Waals surface area contributed by atoms with Gasteiger partial charge in [0.05, 0.1) is 0 Å². The number of halogens is 1. The maximum Gasteiger partial charge on any atom is 0.00506 e. The van der Waals surface area contributed by atoms with E-state index in [1.54, 1.807) is 0 Å². The van der Waals surface area contributed by atoms with E-state index in [1.807, 2.05) is 30.7 Å². The summed E-state index contributed by atoms with van der Waals surface area (Å²) < 4.78 is 0. The molecular weight excluding hydrogens is 161 g/mol. The topological polar surface area (TPSA) is 0 Å². The molecule has 0 amide bonds. The van der Waals surface area contributed by atoms with E-state index in [0.29, 0.717) is 0 Å². The standard InChI is InChI=1S/C5H5.ClH.Zn/c1-2-4-5-3-1;;/h1-5H;1H;/p-1. The number of hydrogen-bond donors (Lipinski definition) is 0. The van der Waals surface area contributed by atoms with E-state index in [4.69, 9.17) is 0 Å². The van der Waals surface area contributed by atoms with E-state index in [1.165, 1.54) is 0 Å². The van der Waals surface area contributed by atoms with Gasteiger partial charge >= 0.3 is 0 Å². The summed E-state index contributed by atoms with van der Waals surface area (Å²) in [6.45, 7) is 0. The van der Waals surface area contributed by atoms with Crippen LogP contribution in [-0.4, -0.2) is 0 Å². The molecule has 35 valence electrons. The molecule has 0 nitrogen and oxygen atoms in total. The minimum absolute atomic E-state index is 0. The average Bonchev–Trinajstić information content (AvgIpc) is 1.76. The maximum absolute atomic E-state index is 2.00. The number of hydrogen-bond acceptors (Lipinski definition) is 0. The van der Waals surface area contributed by atoms with E-state index >= 15 is 0 Å². The molecule has 0 bridgehead atoms. The molecule has 0 spiro atoms. The number of allylic oxidation sites excluding steroid dienone is 4. The summed E-state index contributed by atoms with van der Waals surface area (Å²) in [6.07, 6.45) is 10.0. The van der Waals surface area contributed by atoms with Gasteiger partial charge < -0.3 is 12.4 Å². The zero-order valence-electron chi connectivity index (χ0n) is 3.97. The van der Waals surface area contributed by atoms with Crippen LogP contribution in [0.25, 0.3) is 0 Å². The molecule has 0 atom stereocenters. The fraction of sp³-hybridized carbons (Fsp3) is 0. The predicted octanol–water partition coefficient (Wildman–Crippen LogP) is -1.68. The van der Waals surface area contributed by atoms with Crippen molar-refractivity contribution in [2.24, 2.45) is 0 Å². The SMILES string of the molecule is [CH]1C=CC=C1.[Cl-].[Zn]. The van der Waals surface area contributed by atoms with Crippen molar-refractivity contribution in [2.75, 3.05) is 0 Å². The molecule has 1 aliphatic carbocycles. The first kappa shape index (κ1) is 10.4. The Balaban J connectivity index is 0. The van der Waals surface area contributed by atoms with Crippen LogP contribution in [0, 0.1) is 6.42 Å². The minimum Gasteiger partial charge on any atom is -1.00 e. The van der Waals surface area contributed by atoms with Gasteiger partial charge in [-0.15, -0.1) is 0 Å². The zero-order valence-corrected chi connectivity index (χ0v) is 7.69. The van der Waals surface area contributed by atoms with Gasteiger partial charge in [0, 0.05) is 25.9 Å². The first-order chi connectivity index (χ1) is 2.50. The smallest absolute Gasteiger partial charge is 0.00506 e. The van der Waals surface area contributed by atoms with Crippen LogP contribution in [0.3, 0.4) is 0 Å². The third-order valence-electron chi connectivity index (χ3n) is 0.556. The summed E-state index contributed by atoms with van der Waals surface area (Å²) in [5.74, 6) is 0. The summed E-state index contributed by atoms with van der Waals surface area (Å²) >= 11 is 0. The van der Waals surface area contributed by atoms with Gasteiger partial charge in [-0.2, -0.15) is 0 Å².